The predicted octanol–water partition coefficient (Wildman–Crippen LogP) is 2.20. The number of nitrogens with one attached hydrogen (secondary N) is 1. The van der Waals surface area contributed by atoms with Gasteiger partial charge < -0.3 is 14.7 Å². The first-order chi connectivity index (χ1) is 11.0. The van der Waals surface area contributed by atoms with Crippen molar-refractivity contribution in [3.63, 3.8) is 0 Å². The lowest BCUT2D eigenvalue weighted by Gasteiger charge is -2.28. The number of hydroxylamine groups is 2. The van der Waals surface area contributed by atoms with Gasteiger partial charge in [-0.05, 0) is 32.6 Å². The summed E-state index contributed by atoms with van der Waals surface area (Å²) >= 11 is 0. The summed E-state index contributed by atoms with van der Waals surface area (Å²) in [7, 11) is 0. The molecule has 3 heterocycles. The predicted molar refractivity (Wildman–Crippen MR) is 81.6 cm³/mol. The van der Waals surface area contributed by atoms with E-state index in [0.29, 0.717) is 6.54 Å². The van der Waals surface area contributed by atoms with Crippen LogP contribution < -0.4 is 5.32 Å². The lowest BCUT2D eigenvalue weighted by Crippen LogP contribution is -2.34. The van der Waals surface area contributed by atoms with Crippen molar-refractivity contribution in [2.24, 2.45) is 0 Å². The molecule has 23 heavy (non-hydrogen) atoms. The number of amides is 2. The molecule has 3 fully saturated rings. The summed E-state index contributed by atoms with van der Waals surface area (Å²) in [5.41, 5.74) is 1.81. The first-order valence-electron chi connectivity index (χ1n) is 8.15. The summed E-state index contributed by atoms with van der Waals surface area (Å²) in [6, 6.07) is 1.44. The van der Waals surface area contributed by atoms with Gasteiger partial charge >= 0.3 is 6.03 Å². The van der Waals surface area contributed by atoms with E-state index >= 15 is 0 Å². The zero-order chi connectivity index (χ0) is 16.2. The van der Waals surface area contributed by atoms with Crippen molar-refractivity contribution in [2.75, 3.05) is 6.54 Å². The average Bonchev–Trinajstić information content (AvgIpc) is 3.02. The fraction of sp³-hybridized carbons (Fsp3) is 0.625. The zero-order valence-corrected chi connectivity index (χ0v) is 13.3. The molecule has 0 aromatic carbocycles. The van der Waals surface area contributed by atoms with Crippen molar-refractivity contribution in [2.45, 2.75) is 56.7 Å². The van der Waals surface area contributed by atoms with E-state index in [0.717, 1.165) is 54.3 Å². The molecule has 0 unspecified atom stereocenters. The minimum atomic E-state index is -0.329. The lowest BCUT2D eigenvalue weighted by atomic mass is 9.98. The van der Waals surface area contributed by atoms with Crippen LogP contribution in [0.15, 0.2) is 22.9 Å². The third kappa shape index (κ3) is 2.49. The minimum absolute atomic E-state index is 0.0612. The number of piperidine rings is 1. The number of allylic oxidation sites excluding steroid dienone is 1. The third-order valence-corrected chi connectivity index (χ3v) is 5.11. The van der Waals surface area contributed by atoms with E-state index in [1.165, 1.54) is 0 Å². The number of urea groups is 1. The highest BCUT2D eigenvalue weighted by Gasteiger charge is 2.46. The van der Waals surface area contributed by atoms with E-state index in [9.17, 15) is 10.0 Å². The standard InChI is InChI=1S/C16H22N4O3/c1-10(2)17-16(5-6-16)8-12-7-13(18-23-12)14-4-3-11-9-19(14)15(21)20(11)22/h7,11,14,17,22H,1,3-6,8-9H2,2H3/t11-,14+/m1/s1. The highest BCUT2D eigenvalue weighted by molar-refractivity contribution is 5.76. The molecule has 4 rings (SSSR count). The largest absolute Gasteiger partial charge is 0.383 e. The van der Waals surface area contributed by atoms with Gasteiger partial charge in [-0.3, -0.25) is 5.21 Å². The monoisotopic (exact) mass is 318 g/mol. The van der Waals surface area contributed by atoms with Gasteiger partial charge in [-0.25, -0.2) is 9.86 Å². The van der Waals surface area contributed by atoms with Crippen molar-refractivity contribution in [1.29, 1.82) is 0 Å². The van der Waals surface area contributed by atoms with Crippen molar-refractivity contribution in [3.8, 4) is 0 Å². The molecule has 0 spiro atoms. The van der Waals surface area contributed by atoms with Crippen LogP contribution in [0.1, 0.15) is 50.1 Å². The van der Waals surface area contributed by atoms with E-state index in [1.54, 1.807) is 4.90 Å². The van der Waals surface area contributed by atoms with Crippen LogP contribution in [-0.4, -0.2) is 44.5 Å². The topological polar surface area (TPSA) is 81.8 Å². The molecule has 1 saturated carbocycles. The number of fused-ring (bicyclic) bond motifs is 2. The van der Waals surface area contributed by atoms with Gasteiger partial charge in [0.15, 0.2) is 0 Å². The van der Waals surface area contributed by atoms with Gasteiger partial charge in [0.25, 0.3) is 0 Å². The summed E-state index contributed by atoms with van der Waals surface area (Å²) in [6.45, 7) is 6.43. The van der Waals surface area contributed by atoms with Crippen LogP contribution in [0.2, 0.25) is 0 Å². The Balaban J connectivity index is 1.48. The minimum Gasteiger partial charge on any atom is -0.383 e. The molecule has 124 valence electrons. The van der Waals surface area contributed by atoms with E-state index in [1.807, 2.05) is 13.0 Å². The van der Waals surface area contributed by atoms with Crippen LogP contribution in [0, 0.1) is 0 Å². The number of carbonyl (C=O) groups excluding carboxylic acids is 1. The molecule has 7 heteroatoms. The van der Waals surface area contributed by atoms with Crippen molar-refractivity contribution >= 4 is 6.03 Å². The lowest BCUT2D eigenvalue weighted by molar-refractivity contribution is -0.0584. The molecule has 1 aliphatic carbocycles. The molecule has 1 aromatic rings. The Kier molecular flexibility index (Phi) is 3.16. The molecule has 2 N–H and O–H groups in total. The third-order valence-electron chi connectivity index (χ3n) is 5.11. The Bertz CT molecular complexity index is 652. The smallest absolute Gasteiger partial charge is 0.344 e. The highest BCUT2D eigenvalue weighted by Crippen LogP contribution is 2.41. The summed E-state index contributed by atoms with van der Waals surface area (Å²) in [5, 5.41) is 18.2. The fourth-order valence-corrected chi connectivity index (χ4v) is 3.81. The molecular formula is C16H22N4O3. The molecule has 2 aliphatic heterocycles. The number of carbonyl (C=O) groups is 1. The molecule has 7 nitrogen and oxygen atoms in total. The highest BCUT2D eigenvalue weighted by atomic mass is 16.5. The second-order valence-electron chi connectivity index (χ2n) is 7.11. The van der Waals surface area contributed by atoms with E-state index in [-0.39, 0.29) is 23.7 Å². The van der Waals surface area contributed by atoms with Gasteiger partial charge in [0.1, 0.15) is 11.5 Å². The SMILES string of the molecule is C=C(C)NC1(Cc2cc([C@@H]3CC[C@@H]4CN3C(=O)N4O)no2)CC1. The van der Waals surface area contributed by atoms with E-state index in [2.05, 4.69) is 17.1 Å². The first-order valence-corrected chi connectivity index (χ1v) is 8.15. The average molecular weight is 318 g/mol. The normalized spacial score (nSPS) is 28.2. The summed E-state index contributed by atoms with van der Waals surface area (Å²) in [5.74, 6) is 0.834. The Morgan fingerprint density at radius 1 is 1.57 bits per heavy atom. The summed E-state index contributed by atoms with van der Waals surface area (Å²) in [4.78, 5) is 13.8. The first kappa shape index (κ1) is 14.6. The molecule has 2 bridgehead atoms. The summed E-state index contributed by atoms with van der Waals surface area (Å²) < 4.78 is 5.51. The van der Waals surface area contributed by atoms with Gasteiger partial charge in [0, 0.05) is 30.3 Å². The van der Waals surface area contributed by atoms with Crippen LogP contribution in [-0.2, 0) is 6.42 Å². The van der Waals surface area contributed by atoms with Gasteiger partial charge in [0.2, 0.25) is 0 Å². The van der Waals surface area contributed by atoms with Crippen LogP contribution >= 0.6 is 0 Å². The van der Waals surface area contributed by atoms with Crippen molar-refractivity contribution < 1.29 is 14.5 Å². The zero-order valence-electron chi connectivity index (χ0n) is 13.3. The Morgan fingerprint density at radius 2 is 2.35 bits per heavy atom. The van der Waals surface area contributed by atoms with Crippen LogP contribution in [0.4, 0.5) is 4.79 Å². The molecule has 3 aliphatic rings. The van der Waals surface area contributed by atoms with Gasteiger partial charge in [-0.15, -0.1) is 0 Å². The van der Waals surface area contributed by atoms with Crippen LogP contribution in [0.25, 0.3) is 0 Å². The Labute approximate surface area is 134 Å². The summed E-state index contributed by atoms with van der Waals surface area (Å²) in [6.07, 6.45) is 4.57. The van der Waals surface area contributed by atoms with Gasteiger partial charge in [-0.1, -0.05) is 11.7 Å². The second-order valence-corrected chi connectivity index (χ2v) is 7.11. The number of aromatic nitrogens is 1. The maximum absolute atomic E-state index is 12.1. The molecule has 2 atom stereocenters. The number of nitrogens with zero attached hydrogens (tertiary/aromatic N) is 3. The van der Waals surface area contributed by atoms with E-state index in [4.69, 9.17) is 4.52 Å². The Hall–Kier alpha value is -2.02. The fourth-order valence-electron chi connectivity index (χ4n) is 3.81. The van der Waals surface area contributed by atoms with Crippen LogP contribution in [0.3, 0.4) is 0 Å². The quantitative estimate of drug-likeness (QED) is 0.813. The van der Waals surface area contributed by atoms with Gasteiger partial charge in [0.05, 0.1) is 12.1 Å². The Morgan fingerprint density at radius 3 is 3.04 bits per heavy atom. The number of hydrogen-bond donors (Lipinski definition) is 2. The van der Waals surface area contributed by atoms with Crippen molar-refractivity contribution in [1.82, 2.24) is 20.4 Å². The number of hydrogen-bond acceptors (Lipinski definition) is 5. The molecular weight excluding hydrogens is 296 g/mol. The molecule has 0 radical (unpaired) electrons. The maximum Gasteiger partial charge on any atom is 0.344 e. The maximum atomic E-state index is 12.1. The van der Waals surface area contributed by atoms with Crippen molar-refractivity contribution in [3.05, 3.63) is 29.8 Å². The number of rotatable bonds is 5. The van der Waals surface area contributed by atoms with Gasteiger partial charge in [-0.2, -0.15) is 0 Å². The molecule has 1 aromatic heterocycles. The molecule has 2 saturated heterocycles. The van der Waals surface area contributed by atoms with Crippen LogP contribution in [0.5, 0.6) is 0 Å². The molecule has 2 amide bonds. The second kappa shape index (κ2) is 4.99. The van der Waals surface area contributed by atoms with E-state index < -0.39 is 0 Å².